The number of nitrogens with zero attached hydrogens (tertiary/aromatic N) is 4. The molecule has 2 rings (SSSR count). The fourth-order valence-electron chi connectivity index (χ4n) is 1.20. The Balaban J connectivity index is 2.07. The Bertz CT molecular complexity index is 623. The SMILES string of the molecule is N#CCSc1nnc(Nc2cccc(C#N)c2)s1. The molecule has 18 heavy (non-hydrogen) atoms. The summed E-state index contributed by atoms with van der Waals surface area (Å²) in [4.78, 5) is 0. The first-order valence-electron chi connectivity index (χ1n) is 4.92. The zero-order valence-electron chi connectivity index (χ0n) is 9.12. The van der Waals surface area contributed by atoms with Crippen molar-refractivity contribution in [3.8, 4) is 12.1 Å². The number of rotatable bonds is 4. The number of hydrogen-bond donors (Lipinski definition) is 1. The first-order valence-corrected chi connectivity index (χ1v) is 6.72. The first kappa shape index (κ1) is 12.4. The maximum atomic E-state index is 8.79. The lowest BCUT2D eigenvalue weighted by Gasteiger charge is -2.00. The van der Waals surface area contributed by atoms with Gasteiger partial charge in [-0.15, -0.1) is 10.2 Å². The van der Waals surface area contributed by atoms with Gasteiger partial charge in [0.15, 0.2) is 4.34 Å². The Hall–Kier alpha value is -2.09. The lowest BCUT2D eigenvalue weighted by molar-refractivity contribution is 1.01. The Kier molecular flexibility index (Phi) is 4.13. The molecule has 0 unspecified atom stereocenters. The molecule has 0 radical (unpaired) electrons. The summed E-state index contributed by atoms with van der Waals surface area (Å²) in [5.74, 6) is 0.360. The summed E-state index contributed by atoms with van der Waals surface area (Å²) in [6.07, 6.45) is 0. The Morgan fingerprint density at radius 1 is 1.33 bits per heavy atom. The van der Waals surface area contributed by atoms with Gasteiger partial charge >= 0.3 is 0 Å². The summed E-state index contributed by atoms with van der Waals surface area (Å²) in [6, 6.07) is 11.2. The summed E-state index contributed by atoms with van der Waals surface area (Å²) in [7, 11) is 0. The molecule has 1 aromatic carbocycles. The van der Waals surface area contributed by atoms with Crippen molar-refractivity contribution >= 4 is 33.9 Å². The predicted molar refractivity (Wildman–Crippen MR) is 70.7 cm³/mol. The largest absolute Gasteiger partial charge is 0.330 e. The molecule has 1 aromatic heterocycles. The van der Waals surface area contributed by atoms with Crippen LogP contribution in [0.2, 0.25) is 0 Å². The number of anilines is 2. The summed E-state index contributed by atoms with van der Waals surface area (Å²) >= 11 is 2.73. The highest BCUT2D eigenvalue weighted by atomic mass is 32.2. The Morgan fingerprint density at radius 3 is 3.00 bits per heavy atom. The van der Waals surface area contributed by atoms with E-state index in [2.05, 4.69) is 21.6 Å². The van der Waals surface area contributed by atoms with Gasteiger partial charge in [0.1, 0.15) is 0 Å². The summed E-state index contributed by atoms with van der Waals surface area (Å²) in [5.41, 5.74) is 1.38. The number of benzene rings is 1. The summed E-state index contributed by atoms with van der Waals surface area (Å²) in [5, 5.41) is 28.9. The van der Waals surface area contributed by atoms with Crippen molar-refractivity contribution in [3.05, 3.63) is 29.8 Å². The van der Waals surface area contributed by atoms with Gasteiger partial charge in [-0.05, 0) is 18.2 Å². The van der Waals surface area contributed by atoms with Crippen LogP contribution >= 0.6 is 23.1 Å². The summed E-state index contributed by atoms with van der Waals surface area (Å²) < 4.78 is 0.746. The highest BCUT2D eigenvalue weighted by molar-refractivity contribution is 8.01. The quantitative estimate of drug-likeness (QED) is 0.862. The molecule has 88 valence electrons. The minimum absolute atomic E-state index is 0.360. The highest BCUT2D eigenvalue weighted by Crippen LogP contribution is 2.27. The molecular weight excluding hydrogens is 266 g/mol. The smallest absolute Gasteiger partial charge is 0.210 e. The third kappa shape index (κ3) is 3.20. The van der Waals surface area contributed by atoms with Crippen molar-refractivity contribution in [2.24, 2.45) is 0 Å². The number of aromatic nitrogens is 2. The third-order valence-corrected chi connectivity index (χ3v) is 3.75. The van der Waals surface area contributed by atoms with Crippen LogP contribution in [0.4, 0.5) is 10.8 Å². The van der Waals surface area contributed by atoms with Crippen LogP contribution in [0.15, 0.2) is 28.6 Å². The average Bonchev–Trinajstić information content (AvgIpc) is 2.84. The van der Waals surface area contributed by atoms with Gasteiger partial charge in [0, 0.05) is 5.69 Å². The molecule has 7 heteroatoms. The molecule has 0 aliphatic heterocycles. The van der Waals surface area contributed by atoms with E-state index in [4.69, 9.17) is 10.5 Å². The molecule has 0 spiro atoms. The normalized spacial score (nSPS) is 9.44. The second kappa shape index (κ2) is 6.01. The van der Waals surface area contributed by atoms with Crippen LogP contribution in [-0.2, 0) is 0 Å². The predicted octanol–water partition coefficient (Wildman–Crippen LogP) is 2.77. The van der Waals surface area contributed by atoms with E-state index < -0.39 is 0 Å². The standard InChI is InChI=1S/C11H7N5S2/c12-4-5-17-11-16-15-10(18-11)14-9-3-1-2-8(6-9)7-13/h1-3,6H,5H2,(H,14,15). The highest BCUT2D eigenvalue weighted by Gasteiger charge is 2.05. The van der Waals surface area contributed by atoms with E-state index in [9.17, 15) is 0 Å². The third-order valence-electron chi connectivity index (χ3n) is 1.91. The van der Waals surface area contributed by atoms with Crippen molar-refractivity contribution in [2.75, 3.05) is 11.1 Å². The molecule has 0 aliphatic carbocycles. The van der Waals surface area contributed by atoms with Crippen LogP contribution in [0, 0.1) is 22.7 Å². The van der Waals surface area contributed by atoms with Gasteiger partial charge in [-0.3, -0.25) is 0 Å². The van der Waals surface area contributed by atoms with Crippen molar-refractivity contribution in [3.63, 3.8) is 0 Å². The van der Waals surface area contributed by atoms with Gasteiger partial charge in [-0.1, -0.05) is 29.2 Å². The molecule has 0 saturated carbocycles. The zero-order valence-corrected chi connectivity index (χ0v) is 10.8. The van der Waals surface area contributed by atoms with Gasteiger partial charge in [0.05, 0.1) is 23.5 Å². The van der Waals surface area contributed by atoms with E-state index in [1.54, 1.807) is 18.2 Å². The van der Waals surface area contributed by atoms with E-state index in [0.29, 0.717) is 16.4 Å². The van der Waals surface area contributed by atoms with E-state index >= 15 is 0 Å². The molecule has 0 saturated heterocycles. The lowest BCUT2D eigenvalue weighted by Crippen LogP contribution is -1.89. The molecule has 0 aliphatic rings. The monoisotopic (exact) mass is 273 g/mol. The Labute approximate surface area is 112 Å². The molecule has 0 atom stereocenters. The molecular formula is C11H7N5S2. The molecule has 0 fully saturated rings. The van der Waals surface area contributed by atoms with Crippen molar-refractivity contribution in [1.82, 2.24) is 10.2 Å². The number of nitrogens with one attached hydrogen (secondary N) is 1. The molecule has 1 N–H and O–H groups in total. The second-order valence-electron chi connectivity index (χ2n) is 3.14. The van der Waals surface area contributed by atoms with Crippen LogP contribution in [0.1, 0.15) is 5.56 Å². The number of thioether (sulfide) groups is 1. The second-order valence-corrected chi connectivity index (χ2v) is 5.34. The molecule has 0 amide bonds. The number of hydrogen-bond acceptors (Lipinski definition) is 7. The fraction of sp³-hybridized carbons (Fsp3) is 0.0909. The summed E-state index contributed by atoms with van der Waals surface area (Å²) in [6.45, 7) is 0. The molecule has 5 nitrogen and oxygen atoms in total. The molecule has 0 bridgehead atoms. The lowest BCUT2D eigenvalue weighted by atomic mass is 10.2. The van der Waals surface area contributed by atoms with Crippen molar-refractivity contribution in [1.29, 1.82) is 10.5 Å². The number of nitriles is 2. The maximum Gasteiger partial charge on any atom is 0.210 e. The van der Waals surface area contributed by atoms with Gasteiger partial charge in [0.2, 0.25) is 5.13 Å². The fourth-order valence-corrected chi connectivity index (χ4v) is 2.64. The Morgan fingerprint density at radius 2 is 2.22 bits per heavy atom. The first-order chi connectivity index (χ1) is 8.81. The minimum atomic E-state index is 0.360. The van der Waals surface area contributed by atoms with E-state index in [-0.39, 0.29) is 0 Å². The maximum absolute atomic E-state index is 8.79. The van der Waals surface area contributed by atoms with Crippen LogP contribution in [-0.4, -0.2) is 16.0 Å². The van der Waals surface area contributed by atoms with E-state index in [0.717, 1.165) is 10.0 Å². The minimum Gasteiger partial charge on any atom is -0.330 e. The van der Waals surface area contributed by atoms with E-state index in [1.807, 2.05) is 12.1 Å². The zero-order chi connectivity index (χ0) is 12.8. The average molecular weight is 273 g/mol. The molecule has 1 heterocycles. The van der Waals surface area contributed by atoms with Crippen LogP contribution in [0.25, 0.3) is 0 Å². The van der Waals surface area contributed by atoms with Gasteiger partial charge in [-0.2, -0.15) is 10.5 Å². The topological polar surface area (TPSA) is 85.4 Å². The van der Waals surface area contributed by atoms with E-state index in [1.165, 1.54) is 23.1 Å². The van der Waals surface area contributed by atoms with Gasteiger partial charge in [-0.25, -0.2) is 0 Å². The van der Waals surface area contributed by atoms with Gasteiger partial charge in [0.25, 0.3) is 0 Å². The van der Waals surface area contributed by atoms with Gasteiger partial charge < -0.3 is 5.32 Å². The van der Waals surface area contributed by atoms with Crippen LogP contribution in [0.5, 0.6) is 0 Å². The molecule has 2 aromatic rings. The van der Waals surface area contributed by atoms with Crippen LogP contribution in [0.3, 0.4) is 0 Å². The van der Waals surface area contributed by atoms with Crippen molar-refractivity contribution in [2.45, 2.75) is 4.34 Å². The van der Waals surface area contributed by atoms with Crippen LogP contribution < -0.4 is 5.32 Å². The van der Waals surface area contributed by atoms with Crippen molar-refractivity contribution < 1.29 is 0 Å².